The van der Waals surface area contributed by atoms with Crippen molar-refractivity contribution in [3.63, 3.8) is 0 Å². The van der Waals surface area contributed by atoms with E-state index >= 15 is 0 Å². The van der Waals surface area contributed by atoms with E-state index in [1.165, 1.54) is 12.1 Å². The van der Waals surface area contributed by atoms with Crippen molar-refractivity contribution in [1.82, 2.24) is 0 Å². The fourth-order valence-electron chi connectivity index (χ4n) is 1.65. The number of aromatic hydroxyl groups is 1. The number of hydrogen-bond donors (Lipinski definition) is 2. The minimum Gasteiger partial charge on any atom is -0.507 e. The number of aliphatic carboxylic acids is 1. The Morgan fingerprint density at radius 2 is 1.56 bits per heavy atom. The summed E-state index contributed by atoms with van der Waals surface area (Å²) >= 11 is 0. The zero-order valence-corrected chi connectivity index (χ0v) is 9.33. The number of carboxylic acid groups (broad SMARTS) is 1. The molecule has 0 bridgehead atoms. The number of phenols is 1. The first-order valence-corrected chi connectivity index (χ1v) is 5.25. The molecule has 2 aromatic carbocycles. The molecule has 0 amide bonds. The number of Topliss-reactive ketones (excluding diaryl/α,β-unsaturated/α-hetero) is 1. The highest BCUT2D eigenvalue weighted by Gasteiger charge is 2.18. The fourth-order valence-corrected chi connectivity index (χ4v) is 1.65. The van der Waals surface area contributed by atoms with Crippen LogP contribution in [0.3, 0.4) is 0 Å². The highest BCUT2D eigenvalue weighted by atomic mass is 16.4. The molecule has 0 spiro atoms. The predicted octanol–water partition coefficient (Wildman–Crippen LogP) is 2.33. The van der Waals surface area contributed by atoms with Gasteiger partial charge in [-0.1, -0.05) is 36.4 Å². The Hall–Kier alpha value is -2.62. The summed E-state index contributed by atoms with van der Waals surface area (Å²) < 4.78 is 0. The number of benzene rings is 2. The summed E-state index contributed by atoms with van der Waals surface area (Å²) in [6.07, 6.45) is 0. The van der Waals surface area contributed by atoms with Gasteiger partial charge in [0.25, 0.3) is 5.78 Å². The molecule has 0 aliphatic rings. The molecule has 0 unspecified atom stereocenters. The van der Waals surface area contributed by atoms with Crippen LogP contribution in [0.25, 0.3) is 11.1 Å². The molecule has 2 aromatic rings. The van der Waals surface area contributed by atoms with Crippen LogP contribution in [0.2, 0.25) is 0 Å². The summed E-state index contributed by atoms with van der Waals surface area (Å²) in [6.45, 7) is 0. The van der Waals surface area contributed by atoms with E-state index in [1.54, 1.807) is 6.07 Å². The Morgan fingerprint density at radius 1 is 0.889 bits per heavy atom. The third kappa shape index (κ3) is 2.22. The van der Waals surface area contributed by atoms with E-state index in [4.69, 9.17) is 5.11 Å². The number of carboxylic acids is 1. The van der Waals surface area contributed by atoms with E-state index in [2.05, 4.69) is 0 Å². The normalized spacial score (nSPS) is 10.0. The summed E-state index contributed by atoms with van der Waals surface area (Å²) in [6, 6.07) is 13.6. The summed E-state index contributed by atoms with van der Waals surface area (Å²) in [4.78, 5) is 21.8. The molecule has 0 atom stereocenters. The van der Waals surface area contributed by atoms with Crippen molar-refractivity contribution < 1.29 is 19.8 Å². The summed E-state index contributed by atoms with van der Waals surface area (Å²) in [5, 5.41) is 18.3. The van der Waals surface area contributed by atoms with Crippen molar-refractivity contribution in [3.05, 3.63) is 54.1 Å². The summed E-state index contributed by atoms with van der Waals surface area (Å²) in [5.41, 5.74) is 1.39. The number of ketones is 1. The highest BCUT2D eigenvalue weighted by molar-refractivity contribution is 6.40. The van der Waals surface area contributed by atoms with E-state index in [0.29, 0.717) is 0 Å². The minimum absolute atomic E-state index is 0.206. The Bertz CT molecular complexity index is 602. The average molecular weight is 242 g/mol. The molecule has 0 saturated carbocycles. The molecule has 0 heterocycles. The molecule has 0 radical (unpaired) electrons. The van der Waals surface area contributed by atoms with Crippen molar-refractivity contribution in [2.24, 2.45) is 0 Å². The van der Waals surface area contributed by atoms with Gasteiger partial charge in [-0.15, -0.1) is 0 Å². The zero-order chi connectivity index (χ0) is 13.1. The van der Waals surface area contributed by atoms with Crippen LogP contribution in [-0.2, 0) is 4.79 Å². The van der Waals surface area contributed by atoms with Gasteiger partial charge in [-0.05, 0) is 23.3 Å². The number of carbonyl (C=O) groups is 2. The molecular weight excluding hydrogens is 232 g/mol. The molecule has 0 aliphatic heterocycles. The van der Waals surface area contributed by atoms with Crippen LogP contribution in [-0.4, -0.2) is 22.0 Å². The second-order valence-electron chi connectivity index (χ2n) is 3.73. The first-order chi connectivity index (χ1) is 8.59. The van der Waals surface area contributed by atoms with Gasteiger partial charge in [0.1, 0.15) is 5.75 Å². The summed E-state index contributed by atoms with van der Waals surface area (Å²) in [7, 11) is 0. The van der Waals surface area contributed by atoms with Crippen LogP contribution in [0, 0.1) is 0 Å². The monoisotopic (exact) mass is 242 g/mol. The van der Waals surface area contributed by atoms with E-state index in [9.17, 15) is 14.7 Å². The van der Waals surface area contributed by atoms with Crippen LogP contribution in [0.5, 0.6) is 5.75 Å². The van der Waals surface area contributed by atoms with E-state index in [-0.39, 0.29) is 11.3 Å². The van der Waals surface area contributed by atoms with Gasteiger partial charge in [0.2, 0.25) is 0 Å². The van der Waals surface area contributed by atoms with Crippen LogP contribution in [0.4, 0.5) is 0 Å². The summed E-state index contributed by atoms with van der Waals surface area (Å²) in [5.74, 6) is -3.03. The van der Waals surface area contributed by atoms with E-state index in [0.717, 1.165) is 11.1 Å². The quantitative estimate of drug-likeness (QED) is 0.639. The fraction of sp³-hybridized carbons (Fsp3) is 0. The van der Waals surface area contributed by atoms with Crippen molar-refractivity contribution in [2.75, 3.05) is 0 Å². The second-order valence-corrected chi connectivity index (χ2v) is 3.73. The predicted molar refractivity (Wildman–Crippen MR) is 65.5 cm³/mol. The lowest BCUT2D eigenvalue weighted by Crippen LogP contribution is -2.12. The Kier molecular flexibility index (Phi) is 3.10. The van der Waals surface area contributed by atoms with Crippen LogP contribution < -0.4 is 0 Å². The molecule has 2 N–H and O–H groups in total. The molecule has 0 fully saturated rings. The SMILES string of the molecule is O=C(O)C(=O)c1ccc(-c2ccccc2)cc1O. The molecule has 4 heteroatoms. The molecule has 0 saturated heterocycles. The maximum absolute atomic E-state index is 11.3. The maximum atomic E-state index is 11.3. The van der Waals surface area contributed by atoms with Crippen molar-refractivity contribution in [2.45, 2.75) is 0 Å². The number of phenolic OH excluding ortho intramolecular Hbond substituents is 1. The van der Waals surface area contributed by atoms with Crippen molar-refractivity contribution in [3.8, 4) is 16.9 Å². The van der Waals surface area contributed by atoms with Gasteiger partial charge in [-0.2, -0.15) is 0 Å². The van der Waals surface area contributed by atoms with Crippen LogP contribution >= 0.6 is 0 Å². The van der Waals surface area contributed by atoms with Crippen molar-refractivity contribution in [1.29, 1.82) is 0 Å². The molecule has 90 valence electrons. The van der Waals surface area contributed by atoms with Gasteiger partial charge in [0.15, 0.2) is 0 Å². The van der Waals surface area contributed by atoms with Gasteiger partial charge in [0, 0.05) is 0 Å². The maximum Gasteiger partial charge on any atom is 0.377 e. The first kappa shape index (κ1) is 11.9. The molecule has 0 aliphatic carbocycles. The molecular formula is C14H10O4. The van der Waals surface area contributed by atoms with Gasteiger partial charge in [-0.3, -0.25) is 4.79 Å². The lowest BCUT2D eigenvalue weighted by atomic mass is 10.0. The number of carbonyl (C=O) groups excluding carboxylic acids is 1. The largest absolute Gasteiger partial charge is 0.507 e. The smallest absolute Gasteiger partial charge is 0.377 e. The third-order valence-corrected chi connectivity index (χ3v) is 2.54. The standard InChI is InChI=1S/C14H10O4/c15-12-8-10(9-4-2-1-3-5-9)6-7-11(12)13(16)14(17)18/h1-8,15H,(H,17,18). The minimum atomic E-state index is -1.59. The average Bonchev–Trinajstić information content (AvgIpc) is 2.38. The molecule has 0 aromatic heterocycles. The topological polar surface area (TPSA) is 74.6 Å². The lowest BCUT2D eigenvalue weighted by Gasteiger charge is -2.05. The first-order valence-electron chi connectivity index (χ1n) is 5.25. The van der Waals surface area contributed by atoms with Crippen LogP contribution in [0.1, 0.15) is 10.4 Å². The molecule has 4 nitrogen and oxygen atoms in total. The highest BCUT2D eigenvalue weighted by Crippen LogP contribution is 2.26. The van der Waals surface area contributed by atoms with Gasteiger partial charge < -0.3 is 10.2 Å². The zero-order valence-electron chi connectivity index (χ0n) is 9.33. The Balaban J connectivity index is 2.43. The van der Waals surface area contributed by atoms with Crippen molar-refractivity contribution >= 4 is 11.8 Å². The number of rotatable bonds is 3. The Morgan fingerprint density at radius 3 is 2.11 bits per heavy atom. The second kappa shape index (κ2) is 4.71. The lowest BCUT2D eigenvalue weighted by molar-refractivity contribution is -0.131. The Labute approximate surface area is 103 Å². The number of hydrogen-bond acceptors (Lipinski definition) is 3. The van der Waals surface area contributed by atoms with Crippen LogP contribution in [0.15, 0.2) is 48.5 Å². The van der Waals surface area contributed by atoms with Gasteiger partial charge in [-0.25, -0.2) is 4.79 Å². The third-order valence-electron chi connectivity index (χ3n) is 2.54. The van der Waals surface area contributed by atoms with E-state index < -0.39 is 11.8 Å². The molecule has 18 heavy (non-hydrogen) atoms. The van der Waals surface area contributed by atoms with E-state index in [1.807, 2.05) is 30.3 Å². The van der Waals surface area contributed by atoms with Gasteiger partial charge in [0.05, 0.1) is 5.56 Å². The van der Waals surface area contributed by atoms with Gasteiger partial charge >= 0.3 is 5.97 Å². The molecule has 2 rings (SSSR count).